The highest BCUT2D eigenvalue weighted by Gasteiger charge is 2.20. The van der Waals surface area contributed by atoms with Gasteiger partial charge in [0.2, 0.25) is 0 Å². The molecule has 1 aromatic heterocycles. The maximum absolute atomic E-state index is 6.34. The van der Waals surface area contributed by atoms with E-state index in [0.29, 0.717) is 11.8 Å². The molecule has 0 spiro atoms. The minimum absolute atomic E-state index is 0.518. The fraction of sp³-hybridized carbons (Fsp3) is 0.385. The van der Waals surface area contributed by atoms with Gasteiger partial charge in [-0.25, -0.2) is 0 Å². The highest BCUT2D eigenvalue weighted by atomic mass is 35.5. The molecule has 17 heavy (non-hydrogen) atoms. The summed E-state index contributed by atoms with van der Waals surface area (Å²) in [5.74, 6) is 1.14. The smallest absolute Gasteiger partial charge is 0.257 e. The van der Waals surface area contributed by atoms with Gasteiger partial charge >= 0.3 is 0 Å². The number of rotatable bonds is 2. The fourth-order valence-corrected chi connectivity index (χ4v) is 2.86. The van der Waals surface area contributed by atoms with Crippen LogP contribution in [0.1, 0.15) is 37.2 Å². The Morgan fingerprint density at radius 3 is 2.71 bits per heavy atom. The molecule has 0 bridgehead atoms. The zero-order chi connectivity index (χ0) is 11.7. The lowest BCUT2D eigenvalue weighted by atomic mass is 9.96. The summed E-state index contributed by atoms with van der Waals surface area (Å²) in [6.07, 6.45) is 6.52. The Hall–Kier alpha value is -1.35. The van der Waals surface area contributed by atoms with Crippen LogP contribution >= 0.6 is 11.6 Å². The van der Waals surface area contributed by atoms with Crippen LogP contribution in [0.3, 0.4) is 0 Å². The molecule has 0 unspecified atom stereocenters. The molecule has 0 radical (unpaired) electrons. The van der Waals surface area contributed by atoms with E-state index in [1.165, 1.54) is 37.6 Å². The second-order valence-electron chi connectivity index (χ2n) is 4.46. The third-order valence-electron chi connectivity index (χ3n) is 3.40. The molecule has 0 N–H and O–H groups in total. The third kappa shape index (κ3) is 2.07. The second-order valence-corrected chi connectivity index (χ2v) is 4.87. The highest BCUT2D eigenvalue weighted by Crippen LogP contribution is 2.38. The molecule has 0 aliphatic heterocycles. The molecule has 1 aliphatic rings. The average Bonchev–Trinajstić information content (AvgIpc) is 3.02. The van der Waals surface area contributed by atoms with Crippen LogP contribution in [0, 0.1) is 0 Å². The van der Waals surface area contributed by atoms with E-state index in [9.17, 15) is 0 Å². The van der Waals surface area contributed by atoms with E-state index in [1.54, 1.807) is 0 Å². The molecule has 2 aromatic rings. The molecular formula is C13H13ClN2O. The van der Waals surface area contributed by atoms with Gasteiger partial charge in [0.15, 0.2) is 6.33 Å². The summed E-state index contributed by atoms with van der Waals surface area (Å²) in [4.78, 5) is 4.02. The van der Waals surface area contributed by atoms with Gasteiger partial charge in [0.1, 0.15) is 0 Å². The average molecular weight is 249 g/mol. The lowest BCUT2D eigenvalue weighted by Gasteiger charge is -2.11. The SMILES string of the molecule is Clc1cc(-c2ncno2)ccc1C1CCCC1. The summed E-state index contributed by atoms with van der Waals surface area (Å²) < 4.78 is 5.02. The molecular weight excluding hydrogens is 236 g/mol. The van der Waals surface area contributed by atoms with Crippen molar-refractivity contribution in [2.75, 3.05) is 0 Å². The molecule has 1 aromatic carbocycles. The Morgan fingerprint density at radius 2 is 2.06 bits per heavy atom. The van der Waals surface area contributed by atoms with Crippen molar-refractivity contribution >= 4 is 11.6 Å². The Bertz CT molecular complexity index is 504. The van der Waals surface area contributed by atoms with E-state index < -0.39 is 0 Å². The van der Waals surface area contributed by atoms with E-state index in [1.807, 2.05) is 12.1 Å². The van der Waals surface area contributed by atoms with Crippen LogP contribution in [0.5, 0.6) is 0 Å². The van der Waals surface area contributed by atoms with Gasteiger partial charge in [-0.1, -0.05) is 35.7 Å². The summed E-state index contributed by atoms with van der Waals surface area (Å²) in [6, 6.07) is 6.02. The van der Waals surface area contributed by atoms with Gasteiger partial charge in [0.05, 0.1) is 0 Å². The predicted octanol–water partition coefficient (Wildman–Crippen LogP) is 4.05. The van der Waals surface area contributed by atoms with Gasteiger partial charge in [0.25, 0.3) is 5.89 Å². The van der Waals surface area contributed by atoms with Gasteiger partial charge in [-0.3, -0.25) is 0 Å². The molecule has 88 valence electrons. The van der Waals surface area contributed by atoms with Gasteiger partial charge in [-0.05, 0) is 36.5 Å². The fourth-order valence-electron chi connectivity index (χ4n) is 2.53. The number of benzene rings is 1. The Labute approximate surface area is 105 Å². The molecule has 1 fully saturated rings. The third-order valence-corrected chi connectivity index (χ3v) is 3.73. The summed E-state index contributed by atoms with van der Waals surface area (Å²) in [6.45, 7) is 0. The van der Waals surface area contributed by atoms with Crippen molar-refractivity contribution in [2.24, 2.45) is 0 Å². The lowest BCUT2D eigenvalue weighted by molar-refractivity contribution is 0.430. The van der Waals surface area contributed by atoms with E-state index in [-0.39, 0.29) is 0 Å². The predicted molar refractivity (Wildman–Crippen MR) is 66.0 cm³/mol. The van der Waals surface area contributed by atoms with Crippen molar-refractivity contribution in [3.05, 3.63) is 35.1 Å². The summed E-state index contributed by atoms with van der Waals surface area (Å²) in [5, 5.41) is 4.41. The van der Waals surface area contributed by atoms with Crippen molar-refractivity contribution < 1.29 is 4.52 Å². The summed E-state index contributed by atoms with van der Waals surface area (Å²) >= 11 is 6.34. The Kier molecular flexibility index (Phi) is 2.85. The Balaban J connectivity index is 1.94. The first-order chi connectivity index (χ1) is 8.34. The largest absolute Gasteiger partial charge is 0.334 e. The van der Waals surface area contributed by atoms with Crippen LogP contribution in [0.15, 0.2) is 29.0 Å². The van der Waals surface area contributed by atoms with Crippen LogP contribution in [0.25, 0.3) is 11.5 Å². The summed E-state index contributed by atoms with van der Waals surface area (Å²) in [5.41, 5.74) is 2.14. The molecule has 4 heteroatoms. The van der Waals surface area contributed by atoms with Gasteiger partial charge in [-0.2, -0.15) is 4.98 Å². The van der Waals surface area contributed by atoms with Crippen LogP contribution in [-0.2, 0) is 0 Å². The minimum Gasteiger partial charge on any atom is -0.334 e. The van der Waals surface area contributed by atoms with Crippen molar-refractivity contribution in [2.45, 2.75) is 31.6 Å². The minimum atomic E-state index is 0.518. The molecule has 0 amide bonds. The van der Waals surface area contributed by atoms with Crippen molar-refractivity contribution in [3.63, 3.8) is 0 Å². The number of hydrogen-bond acceptors (Lipinski definition) is 3. The van der Waals surface area contributed by atoms with E-state index in [0.717, 1.165) is 10.6 Å². The Morgan fingerprint density at radius 1 is 1.24 bits per heavy atom. The highest BCUT2D eigenvalue weighted by molar-refractivity contribution is 6.31. The van der Waals surface area contributed by atoms with Crippen LogP contribution < -0.4 is 0 Å². The maximum atomic E-state index is 6.34. The van der Waals surface area contributed by atoms with E-state index >= 15 is 0 Å². The lowest BCUT2D eigenvalue weighted by Crippen LogP contribution is -1.93. The molecule has 1 saturated carbocycles. The number of aromatic nitrogens is 2. The second kappa shape index (κ2) is 4.49. The summed E-state index contributed by atoms with van der Waals surface area (Å²) in [7, 11) is 0. The first-order valence-electron chi connectivity index (χ1n) is 5.91. The first kappa shape index (κ1) is 10.8. The van der Waals surface area contributed by atoms with Gasteiger partial charge in [-0.15, -0.1) is 0 Å². The first-order valence-corrected chi connectivity index (χ1v) is 6.29. The molecule has 1 aliphatic carbocycles. The molecule has 3 rings (SSSR count). The number of hydrogen-bond donors (Lipinski definition) is 0. The van der Waals surface area contributed by atoms with Crippen molar-refractivity contribution in [1.82, 2.24) is 10.1 Å². The van der Waals surface area contributed by atoms with E-state index in [4.69, 9.17) is 16.1 Å². The van der Waals surface area contributed by atoms with Crippen LogP contribution in [-0.4, -0.2) is 10.1 Å². The molecule has 0 atom stereocenters. The standard InChI is InChI=1S/C13H13ClN2O/c14-12-7-10(13-15-8-16-17-13)5-6-11(12)9-3-1-2-4-9/h5-9H,1-4H2. The van der Waals surface area contributed by atoms with Gasteiger partial charge in [0, 0.05) is 10.6 Å². The molecule has 1 heterocycles. The zero-order valence-corrected chi connectivity index (χ0v) is 10.2. The number of halogens is 1. The zero-order valence-electron chi connectivity index (χ0n) is 9.40. The van der Waals surface area contributed by atoms with Crippen molar-refractivity contribution in [3.8, 4) is 11.5 Å². The van der Waals surface area contributed by atoms with Crippen molar-refractivity contribution in [1.29, 1.82) is 0 Å². The monoisotopic (exact) mass is 248 g/mol. The maximum Gasteiger partial charge on any atom is 0.257 e. The number of nitrogens with zero attached hydrogens (tertiary/aromatic N) is 2. The normalized spacial score (nSPS) is 16.5. The van der Waals surface area contributed by atoms with Gasteiger partial charge < -0.3 is 4.52 Å². The van der Waals surface area contributed by atoms with Crippen LogP contribution in [0.2, 0.25) is 5.02 Å². The quantitative estimate of drug-likeness (QED) is 0.805. The van der Waals surface area contributed by atoms with Crippen LogP contribution in [0.4, 0.5) is 0 Å². The van der Waals surface area contributed by atoms with E-state index in [2.05, 4.69) is 16.2 Å². The molecule has 3 nitrogen and oxygen atoms in total. The molecule has 0 saturated heterocycles. The topological polar surface area (TPSA) is 38.9 Å².